The Kier molecular flexibility index (Phi) is 11.3. The fraction of sp³-hybridized carbons (Fsp3) is 0.226. The summed E-state index contributed by atoms with van der Waals surface area (Å²) in [7, 11) is 0. The molecule has 192 valence electrons. The van der Waals surface area contributed by atoms with Crippen LogP contribution in [0.3, 0.4) is 0 Å². The first-order chi connectivity index (χ1) is 18.1. The van der Waals surface area contributed by atoms with Crippen molar-refractivity contribution in [1.29, 1.82) is 0 Å². The smallest absolute Gasteiger partial charge is 0.255 e. The number of nitrogens with two attached hydrogens (primary N) is 1. The number of hydrogen-bond acceptors (Lipinski definition) is 5. The van der Waals surface area contributed by atoms with E-state index in [0.29, 0.717) is 17.1 Å². The molecule has 3 aromatic carbocycles. The Hall–Kier alpha value is -4.00. The Balaban J connectivity index is 0.000000231. The molecule has 1 heterocycles. The molecular formula is C31H36N4O2. The van der Waals surface area contributed by atoms with Crippen molar-refractivity contribution in [3.05, 3.63) is 114 Å². The summed E-state index contributed by atoms with van der Waals surface area (Å²) in [6.45, 7) is 4.16. The number of hydrogen-bond donors (Lipinski definition) is 4. The number of aliphatic hydroxyl groups is 1. The topological polar surface area (TPSA) is 100 Å². The van der Waals surface area contributed by atoms with Crippen LogP contribution >= 0.6 is 0 Å². The van der Waals surface area contributed by atoms with Crippen molar-refractivity contribution >= 4 is 17.4 Å². The molecule has 0 atom stereocenters. The number of aliphatic hydroxyl groups excluding tert-OH is 1. The maximum Gasteiger partial charge on any atom is 0.255 e. The fourth-order valence-corrected chi connectivity index (χ4v) is 3.67. The van der Waals surface area contributed by atoms with Gasteiger partial charge < -0.3 is 21.5 Å². The SMILES string of the molecule is CCCCCNCc1ccc(C(=O)Nc2ccnc(N)c2)cc1.OCc1ccc(-c2ccccc2)cc1. The quantitative estimate of drug-likeness (QED) is 0.201. The molecule has 0 radical (unpaired) electrons. The molecule has 0 saturated carbocycles. The molecule has 1 aromatic heterocycles. The maximum atomic E-state index is 12.2. The number of amides is 1. The predicted octanol–water partition coefficient (Wildman–Crippen LogP) is 6.04. The minimum Gasteiger partial charge on any atom is -0.392 e. The number of nitrogens with zero attached hydrogens (tertiary/aromatic N) is 1. The summed E-state index contributed by atoms with van der Waals surface area (Å²) in [4.78, 5) is 16.1. The molecule has 0 unspecified atom stereocenters. The summed E-state index contributed by atoms with van der Waals surface area (Å²) < 4.78 is 0. The van der Waals surface area contributed by atoms with E-state index >= 15 is 0 Å². The largest absolute Gasteiger partial charge is 0.392 e. The number of rotatable bonds is 10. The van der Waals surface area contributed by atoms with Crippen LogP contribution in [0, 0.1) is 0 Å². The molecule has 6 heteroatoms. The summed E-state index contributed by atoms with van der Waals surface area (Å²) in [5, 5.41) is 15.1. The number of aromatic nitrogens is 1. The van der Waals surface area contributed by atoms with E-state index in [0.717, 1.165) is 18.7 Å². The first-order valence-electron chi connectivity index (χ1n) is 12.7. The highest BCUT2D eigenvalue weighted by molar-refractivity contribution is 6.04. The van der Waals surface area contributed by atoms with Crippen LogP contribution in [0.5, 0.6) is 0 Å². The molecule has 0 spiro atoms. The van der Waals surface area contributed by atoms with Crippen molar-refractivity contribution in [2.45, 2.75) is 39.3 Å². The predicted molar refractivity (Wildman–Crippen MR) is 152 cm³/mol. The van der Waals surface area contributed by atoms with Gasteiger partial charge >= 0.3 is 0 Å². The van der Waals surface area contributed by atoms with Crippen LogP contribution < -0.4 is 16.4 Å². The van der Waals surface area contributed by atoms with Gasteiger partial charge in [-0.2, -0.15) is 0 Å². The van der Waals surface area contributed by atoms with Crippen molar-refractivity contribution in [3.63, 3.8) is 0 Å². The van der Waals surface area contributed by atoms with E-state index in [2.05, 4.69) is 34.7 Å². The molecule has 4 aromatic rings. The first kappa shape index (κ1) is 27.6. The Morgan fingerprint density at radius 3 is 2.19 bits per heavy atom. The zero-order valence-corrected chi connectivity index (χ0v) is 21.4. The Labute approximate surface area is 219 Å². The van der Waals surface area contributed by atoms with Crippen molar-refractivity contribution in [2.75, 3.05) is 17.6 Å². The van der Waals surface area contributed by atoms with Crippen LogP contribution in [0.4, 0.5) is 11.5 Å². The number of benzene rings is 3. The van der Waals surface area contributed by atoms with Gasteiger partial charge in [0.25, 0.3) is 5.91 Å². The molecular weight excluding hydrogens is 460 g/mol. The van der Waals surface area contributed by atoms with Crippen molar-refractivity contribution in [3.8, 4) is 11.1 Å². The van der Waals surface area contributed by atoms with Gasteiger partial charge in [-0.25, -0.2) is 4.98 Å². The van der Waals surface area contributed by atoms with Gasteiger partial charge in [-0.05, 0) is 53.4 Å². The van der Waals surface area contributed by atoms with Crippen LogP contribution in [0.2, 0.25) is 0 Å². The van der Waals surface area contributed by atoms with Crippen molar-refractivity contribution < 1.29 is 9.90 Å². The van der Waals surface area contributed by atoms with Gasteiger partial charge in [0.2, 0.25) is 0 Å². The second-order valence-electron chi connectivity index (χ2n) is 8.73. The average molecular weight is 497 g/mol. The Morgan fingerprint density at radius 1 is 0.865 bits per heavy atom. The van der Waals surface area contributed by atoms with Crippen molar-refractivity contribution in [1.82, 2.24) is 10.3 Å². The summed E-state index contributed by atoms with van der Waals surface area (Å²) in [5.74, 6) is 0.227. The number of pyridine rings is 1. The molecule has 0 saturated heterocycles. The van der Waals surface area contributed by atoms with Crippen LogP contribution in [-0.4, -0.2) is 22.5 Å². The monoisotopic (exact) mass is 496 g/mol. The summed E-state index contributed by atoms with van der Waals surface area (Å²) in [6.07, 6.45) is 5.25. The molecule has 0 aliphatic heterocycles. The normalized spacial score (nSPS) is 10.3. The molecule has 37 heavy (non-hydrogen) atoms. The highest BCUT2D eigenvalue weighted by Gasteiger charge is 2.06. The lowest BCUT2D eigenvalue weighted by molar-refractivity contribution is 0.102. The van der Waals surface area contributed by atoms with Crippen LogP contribution in [-0.2, 0) is 13.2 Å². The summed E-state index contributed by atoms with van der Waals surface area (Å²) >= 11 is 0. The zero-order chi connectivity index (χ0) is 26.3. The van der Waals surface area contributed by atoms with Crippen LogP contribution in [0.25, 0.3) is 11.1 Å². The summed E-state index contributed by atoms with van der Waals surface area (Å²) in [5.41, 5.74) is 11.4. The van der Waals surface area contributed by atoms with Crippen molar-refractivity contribution in [2.24, 2.45) is 0 Å². The van der Waals surface area contributed by atoms with E-state index in [1.807, 2.05) is 66.7 Å². The Morgan fingerprint density at radius 2 is 1.54 bits per heavy atom. The number of anilines is 2. The van der Waals surface area contributed by atoms with E-state index in [1.165, 1.54) is 36.0 Å². The lowest BCUT2D eigenvalue weighted by Gasteiger charge is -2.07. The van der Waals surface area contributed by atoms with E-state index in [9.17, 15) is 4.79 Å². The standard InChI is InChI=1S/C18H24N4O.C13H12O/c1-2-3-4-10-20-13-14-5-7-15(8-6-14)18(23)22-16-9-11-21-17(19)12-16;14-10-11-6-8-13(9-7-11)12-4-2-1-3-5-12/h5-9,11-12,20H,2-4,10,13H2,1H3,(H3,19,21,22,23);1-9,14H,10H2. The van der Waals surface area contributed by atoms with Gasteiger partial charge in [-0.1, -0.05) is 86.5 Å². The molecule has 5 N–H and O–H groups in total. The molecule has 0 aliphatic carbocycles. The Bertz CT molecular complexity index is 1210. The number of nitrogen functional groups attached to an aromatic ring is 1. The third kappa shape index (κ3) is 9.52. The van der Waals surface area contributed by atoms with Gasteiger partial charge in [0.15, 0.2) is 0 Å². The van der Waals surface area contributed by atoms with Crippen LogP contribution in [0.15, 0.2) is 97.2 Å². The number of carbonyl (C=O) groups is 1. The highest BCUT2D eigenvalue weighted by Crippen LogP contribution is 2.19. The molecule has 0 bridgehead atoms. The molecule has 0 fully saturated rings. The second kappa shape index (κ2) is 15.2. The summed E-state index contributed by atoms with van der Waals surface area (Å²) in [6, 6.07) is 29.1. The van der Waals surface area contributed by atoms with E-state index < -0.39 is 0 Å². The van der Waals surface area contributed by atoms with Crippen LogP contribution in [0.1, 0.15) is 47.7 Å². The van der Waals surface area contributed by atoms with Gasteiger partial charge in [-0.15, -0.1) is 0 Å². The van der Waals surface area contributed by atoms with Gasteiger partial charge in [0.05, 0.1) is 6.61 Å². The lowest BCUT2D eigenvalue weighted by Crippen LogP contribution is -2.15. The first-order valence-corrected chi connectivity index (χ1v) is 12.7. The molecule has 4 rings (SSSR count). The molecule has 6 nitrogen and oxygen atoms in total. The fourth-order valence-electron chi connectivity index (χ4n) is 3.67. The van der Waals surface area contributed by atoms with Gasteiger partial charge in [0, 0.05) is 30.1 Å². The number of nitrogens with one attached hydrogen (secondary N) is 2. The molecule has 1 amide bonds. The van der Waals surface area contributed by atoms with E-state index in [1.54, 1.807) is 18.3 Å². The second-order valence-corrected chi connectivity index (χ2v) is 8.73. The maximum absolute atomic E-state index is 12.2. The third-order valence-electron chi connectivity index (χ3n) is 5.78. The minimum absolute atomic E-state index is 0.106. The average Bonchev–Trinajstić information content (AvgIpc) is 2.94. The third-order valence-corrected chi connectivity index (χ3v) is 5.78. The molecule has 0 aliphatic rings. The number of unbranched alkanes of at least 4 members (excludes halogenated alkanes) is 2. The van der Waals surface area contributed by atoms with E-state index in [4.69, 9.17) is 10.8 Å². The highest BCUT2D eigenvalue weighted by atomic mass is 16.3. The lowest BCUT2D eigenvalue weighted by atomic mass is 10.0. The number of carbonyl (C=O) groups excluding carboxylic acids is 1. The minimum atomic E-state index is -0.155. The van der Waals surface area contributed by atoms with Gasteiger partial charge in [0.1, 0.15) is 5.82 Å². The van der Waals surface area contributed by atoms with E-state index in [-0.39, 0.29) is 12.5 Å². The van der Waals surface area contributed by atoms with Gasteiger partial charge in [-0.3, -0.25) is 4.79 Å². The zero-order valence-electron chi connectivity index (χ0n) is 21.4.